The molecular formula is C23H13F2IO3S. The number of furan rings is 1. The number of esters is 1. The van der Waals surface area contributed by atoms with Gasteiger partial charge < -0.3 is 9.15 Å². The Morgan fingerprint density at radius 2 is 1.43 bits per heavy atom. The lowest BCUT2D eigenvalue weighted by molar-refractivity contribution is 0.0699. The van der Waals surface area contributed by atoms with E-state index in [2.05, 4.69) is 0 Å². The van der Waals surface area contributed by atoms with Crippen LogP contribution in [0.2, 0.25) is 0 Å². The number of ether oxygens (including phenoxy) is 1. The van der Waals surface area contributed by atoms with Gasteiger partial charge in [-0.3, -0.25) is 0 Å². The van der Waals surface area contributed by atoms with E-state index >= 15 is 0 Å². The minimum absolute atomic E-state index is 0.135. The van der Waals surface area contributed by atoms with Crippen molar-refractivity contribution in [3.63, 3.8) is 0 Å². The van der Waals surface area contributed by atoms with Crippen molar-refractivity contribution in [2.24, 2.45) is 0 Å². The van der Waals surface area contributed by atoms with E-state index in [0.717, 1.165) is 25.8 Å². The Morgan fingerprint density at radius 1 is 0.833 bits per heavy atom. The van der Waals surface area contributed by atoms with Gasteiger partial charge in [0, 0.05) is 9.79 Å². The second-order valence-electron chi connectivity index (χ2n) is 6.65. The molecule has 3 aromatic carbocycles. The van der Waals surface area contributed by atoms with Gasteiger partial charge in [0.1, 0.15) is 17.4 Å². The third-order valence-corrected chi connectivity index (χ3v) is 7.91. The van der Waals surface area contributed by atoms with Crippen LogP contribution < -0.4 is 4.74 Å². The maximum Gasteiger partial charge on any atom is 0.379 e. The van der Waals surface area contributed by atoms with E-state index in [4.69, 9.17) is 9.15 Å². The lowest BCUT2D eigenvalue weighted by atomic mass is 10.1. The van der Waals surface area contributed by atoms with Crippen molar-refractivity contribution in [2.75, 3.05) is 0 Å². The topological polar surface area (TPSA) is 39.4 Å². The molecule has 0 N–H and O–H groups in total. The SMILES string of the molecule is O=C(Oc1ccc([SH]2c3ccc(F)cc3-c3cc(F)ccc32)cc1)c1ccc(I)o1. The molecule has 0 bridgehead atoms. The standard InChI is InChI=1S/C23H13F2IO3S/c24-13-1-8-20-17(11-13)18-12-14(25)2-9-21(18)30(20)16-5-3-15(4-6-16)28-23(27)19-7-10-22(26)29-19/h1-12,30H. The summed E-state index contributed by atoms with van der Waals surface area (Å²) in [7, 11) is -0.963. The highest BCUT2D eigenvalue weighted by Gasteiger charge is 2.28. The van der Waals surface area contributed by atoms with Gasteiger partial charge in [-0.25, -0.2) is 13.6 Å². The summed E-state index contributed by atoms with van der Waals surface area (Å²) >= 11 is 1.98. The molecule has 30 heavy (non-hydrogen) atoms. The molecule has 1 aliphatic rings. The third kappa shape index (κ3) is 3.41. The molecule has 0 amide bonds. The minimum Gasteiger partial charge on any atom is -0.443 e. The summed E-state index contributed by atoms with van der Waals surface area (Å²) in [4.78, 5) is 15.1. The summed E-state index contributed by atoms with van der Waals surface area (Å²) in [6.45, 7) is 0. The molecule has 2 heterocycles. The number of fused-ring (bicyclic) bond motifs is 3. The molecule has 5 rings (SSSR count). The fraction of sp³-hybridized carbons (Fsp3) is 0. The lowest BCUT2D eigenvalue weighted by Gasteiger charge is -2.19. The van der Waals surface area contributed by atoms with Crippen LogP contribution in [0.4, 0.5) is 8.78 Å². The van der Waals surface area contributed by atoms with Crippen LogP contribution in [0.15, 0.2) is 91.9 Å². The number of thiol groups is 1. The van der Waals surface area contributed by atoms with E-state index in [1.807, 2.05) is 34.7 Å². The van der Waals surface area contributed by atoms with E-state index in [1.54, 1.807) is 36.4 Å². The van der Waals surface area contributed by atoms with Crippen molar-refractivity contribution in [3.8, 4) is 16.9 Å². The van der Waals surface area contributed by atoms with Crippen LogP contribution in [0.3, 0.4) is 0 Å². The number of carbonyl (C=O) groups excluding carboxylic acids is 1. The number of hydrogen-bond donors (Lipinski definition) is 1. The van der Waals surface area contributed by atoms with Crippen LogP contribution in [0.1, 0.15) is 10.6 Å². The highest BCUT2D eigenvalue weighted by Crippen LogP contribution is 2.62. The molecule has 0 radical (unpaired) electrons. The molecule has 0 saturated carbocycles. The van der Waals surface area contributed by atoms with Gasteiger partial charge in [0.25, 0.3) is 0 Å². The highest BCUT2D eigenvalue weighted by molar-refractivity contribution is 14.1. The van der Waals surface area contributed by atoms with Crippen molar-refractivity contribution in [2.45, 2.75) is 14.7 Å². The first-order valence-electron chi connectivity index (χ1n) is 8.97. The van der Waals surface area contributed by atoms with Crippen LogP contribution in [0.25, 0.3) is 11.1 Å². The Kier molecular flexibility index (Phi) is 4.86. The number of rotatable bonds is 3. The van der Waals surface area contributed by atoms with Crippen LogP contribution in [0, 0.1) is 15.4 Å². The van der Waals surface area contributed by atoms with Crippen LogP contribution in [0.5, 0.6) is 5.75 Å². The zero-order chi connectivity index (χ0) is 20.8. The monoisotopic (exact) mass is 534 g/mol. The molecule has 0 aliphatic carbocycles. The normalized spacial score (nSPS) is 13.1. The van der Waals surface area contributed by atoms with Gasteiger partial charge >= 0.3 is 5.97 Å². The Labute approximate surface area is 187 Å². The summed E-state index contributed by atoms with van der Waals surface area (Å²) in [6, 6.07) is 19.7. The van der Waals surface area contributed by atoms with E-state index in [-0.39, 0.29) is 17.4 Å². The molecule has 0 fully saturated rings. The predicted molar refractivity (Wildman–Crippen MR) is 118 cm³/mol. The van der Waals surface area contributed by atoms with Gasteiger partial charge in [-0.1, -0.05) is 0 Å². The van der Waals surface area contributed by atoms with E-state index in [0.29, 0.717) is 9.52 Å². The van der Waals surface area contributed by atoms with Gasteiger partial charge in [-0.2, -0.15) is 10.9 Å². The fourth-order valence-corrected chi connectivity index (χ4v) is 6.47. The van der Waals surface area contributed by atoms with Crippen molar-refractivity contribution >= 4 is 39.5 Å². The molecule has 0 spiro atoms. The average molecular weight is 534 g/mol. The van der Waals surface area contributed by atoms with Gasteiger partial charge in [0.2, 0.25) is 5.76 Å². The number of hydrogen-bond acceptors (Lipinski definition) is 3. The van der Waals surface area contributed by atoms with Gasteiger partial charge in [-0.15, -0.1) is 0 Å². The maximum atomic E-state index is 13.9. The molecule has 150 valence electrons. The van der Waals surface area contributed by atoms with E-state index in [1.165, 1.54) is 24.3 Å². The van der Waals surface area contributed by atoms with E-state index in [9.17, 15) is 13.6 Å². The molecule has 3 nitrogen and oxygen atoms in total. The largest absolute Gasteiger partial charge is 0.443 e. The Morgan fingerprint density at radius 3 is 1.97 bits per heavy atom. The van der Waals surface area contributed by atoms with Crippen LogP contribution in [-0.2, 0) is 0 Å². The van der Waals surface area contributed by atoms with Gasteiger partial charge in [-0.05, 0) is 111 Å². The van der Waals surface area contributed by atoms with Crippen molar-refractivity contribution < 1.29 is 22.7 Å². The summed E-state index contributed by atoms with van der Waals surface area (Å²) < 4.78 is 39.0. The second kappa shape index (κ2) is 7.55. The van der Waals surface area contributed by atoms with Crippen LogP contribution in [-0.4, -0.2) is 5.97 Å². The molecular weight excluding hydrogens is 521 g/mol. The van der Waals surface area contributed by atoms with Gasteiger partial charge in [0.15, 0.2) is 3.77 Å². The first kappa shape index (κ1) is 19.3. The zero-order valence-corrected chi connectivity index (χ0v) is 18.3. The number of halogens is 3. The minimum atomic E-state index is -0.963. The van der Waals surface area contributed by atoms with Gasteiger partial charge in [0.05, 0.1) is 0 Å². The molecule has 7 heteroatoms. The summed E-state index contributed by atoms with van der Waals surface area (Å²) in [6.07, 6.45) is 0. The maximum absolute atomic E-state index is 13.9. The molecule has 1 aliphatic heterocycles. The smallest absolute Gasteiger partial charge is 0.379 e. The zero-order valence-electron chi connectivity index (χ0n) is 15.2. The third-order valence-electron chi connectivity index (χ3n) is 4.77. The average Bonchev–Trinajstić information content (AvgIpc) is 3.30. The Hall–Kier alpha value is -2.65. The first-order chi connectivity index (χ1) is 14.5. The van der Waals surface area contributed by atoms with Crippen molar-refractivity contribution in [3.05, 3.63) is 94.0 Å². The predicted octanol–water partition coefficient (Wildman–Crippen LogP) is 6.84. The summed E-state index contributed by atoms with van der Waals surface area (Å²) in [5.74, 6) is -0.747. The molecule has 0 saturated heterocycles. The second-order valence-corrected chi connectivity index (χ2v) is 9.86. The number of carbonyl (C=O) groups is 1. The molecule has 0 unspecified atom stereocenters. The number of benzene rings is 3. The van der Waals surface area contributed by atoms with Crippen molar-refractivity contribution in [1.29, 1.82) is 0 Å². The molecule has 1 aromatic heterocycles. The summed E-state index contributed by atoms with van der Waals surface area (Å²) in [5, 5.41) is 0. The molecule has 4 aromatic rings. The molecule has 0 atom stereocenters. The fourth-order valence-electron chi connectivity index (χ4n) is 3.49. The lowest BCUT2D eigenvalue weighted by Crippen LogP contribution is -2.07. The Bertz CT molecular complexity index is 1230. The quantitative estimate of drug-likeness (QED) is 0.119. The van der Waals surface area contributed by atoms with E-state index < -0.39 is 16.9 Å². The van der Waals surface area contributed by atoms with Crippen molar-refractivity contribution in [1.82, 2.24) is 0 Å². The van der Waals surface area contributed by atoms with Crippen LogP contribution >= 0.6 is 33.5 Å². The first-order valence-corrected chi connectivity index (χ1v) is 11.4. The Balaban J connectivity index is 1.48. The highest BCUT2D eigenvalue weighted by atomic mass is 127. The summed E-state index contributed by atoms with van der Waals surface area (Å²) in [5.41, 5.74) is 1.44.